The zero-order valence-corrected chi connectivity index (χ0v) is 13.4. The highest BCUT2D eigenvalue weighted by Crippen LogP contribution is 2.29. The predicted molar refractivity (Wildman–Crippen MR) is 90.5 cm³/mol. The van der Waals surface area contributed by atoms with Crippen molar-refractivity contribution < 1.29 is 9.72 Å². The average molecular weight is 331 g/mol. The number of nitro groups is 1. The molecular formula is C17H15ClN2O3. The van der Waals surface area contributed by atoms with E-state index in [1.165, 1.54) is 6.07 Å². The Balaban J connectivity index is 2.57. The number of allylic oxidation sites excluding steroid dienone is 1. The van der Waals surface area contributed by atoms with Gasteiger partial charge in [0, 0.05) is 36.9 Å². The summed E-state index contributed by atoms with van der Waals surface area (Å²) in [7, 11) is 3.51. The van der Waals surface area contributed by atoms with Gasteiger partial charge in [0.25, 0.3) is 5.69 Å². The number of rotatable bonds is 5. The van der Waals surface area contributed by atoms with Crippen LogP contribution in [0.4, 0.5) is 5.69 Å². The van der Waals surface area contributed by atoms with Gasteiger partial charge in [0.05, 0.1) is 16.1 Å². The standard InChI is InChI=1S/C17H15ClN2O3/c1-19(2)11-15(14-5-3-4-6-16(14)20(22)23)17(21)12-7-9-13(18)10-8-12/h3-11H,1-2H3/b15-11-. The number of hydrogen-bond donors (Lipinski definition) is 0. The molecule has 2 rings (SSSR count). The van der Waals surface area contributed by atoms with Crippen LogP contribution < -0.4 is 0 Å². The van der Waals surface area contributed by atoms with Crippen molar-refractivity contribution in [3.8, 4) is 0 Å². The maximum absolute atomic E-state index is 12.8. The van der Waals surface area contributed by atoms with E-state index >= 15 is 0 Å². The van der Waals surface area contributed by atoms with Crippen LogP contribution in [0.5, 0.6) is 0 Å². The molecule has 0 aliphatic rings. The Kier molecular flexibility index (Phi) is 5.13. The largest absolute Gasteiger partial charge is 0.383 e. The number of benzene rings is 2. The van der Waals surface area contributed by atoms with E-state index in [-0.39, 0.29) is 22.6 Å². The van der Waals surface area contributed by atoms with Gasteiger partial charge >= 0.3 is 0 Å². The Morgan fingerprint density at radius 1 is 1.13 bits per heavy atom. The van der Waals surface area contributed by atoms with Crippen molar-refractivity contribution in [2.75, 3.05) is 14.1 Å². The fourth-order valence-electron chi connectivity index (χ4n) is 2.13. The van der Waals surface area contributed by atoms with Crippen LogP contribution in [0.1, 0.15) is 15.9 Å². The summed E-state index contributed by atoms with van der Waals surface area (Å²) in [5, 5.41) is 11.8. The Morgan fingerprint density at radius 2 is 1.74 bits per heavy atom. The Bertz CT molecular complexity index is 768. The second-order valence-electron chi connectivity index (χ2n) is 5.12. The molecule has 5 nitrogen and oxygen atoms in total. The number of carbonyl (C=O) groups is 1. The molecular weight excluding hydrogens is 316 g/mol. The highest BCUT2D eigenvalue weighted by molar-refractivity contribution is 6.32. The van der Waals surface area contributed by atoms with Gasteiger partial charge < -0.3 is 4.90 Å². The Morgan fingerprint density at radius 3 is 2.30 bits per heavy atom. The normalized spacial score (nSPS) is 11.2. The maximum atomic E-state index is 12.8. The van der Waals surface area contributed by atoms with Crippen LogP contribution >= 0.6 is 11.6 Å². The first kappa shape index (κ1) is 16.7. The second kappa shape index (κ2) is 7.07. The van der Waals surface area contributed by atoms with Crippen LogP contribution in [0.15, 0.2) is 54.7 Å². The second-order valence-corrected chi connectivity index (χ2v) is 5.55. The smallest absolute Gasteiger partial charge is 0.277 e. The monoisotopic (exact) mass is 330 g/mol. The van der Waals surface area contributed by atoms with Gasteiger partial charge in [-0.1, -0.05) is 23.7 Å². The molecule has 0 saturated heterocycles. The van der Waals surface area contributed by atoms with Gasteiger partial charge in [-0.3, -0.25) is 14.9 Å². The first-order valence-corrected chi connectivity index (χ1v) is 7.20. The van der Waals surface area contributed by atoms with Gasteiger partial charge in [0.2, 0.25) is 0 Å². The van der Waals surface area contributed by atoms with Crippen molar-refractivity contribution in [3.63, 3.8) is 0 Å². The minimum Gasteiger partial charge on any atom is -0.383 e. The van der Waals surface area contributed by atoms with E-state index in [0.717, 1.165) is 0 Å². The molecule has 0 saturated carbocycles. The lowest BCUT2D eigenvalue weighted by atomic mass is 9.96. The molecule has 2 aromatic rings. The summed E-state index contributed by atoms with van der Waals surface area (Å²) in [6.07, 6.45) is 1.58. The zero-order valence-electron chi connectivity index (χ0n) is 12.7. The molecule has 6 heteroatoms. The summed E-state index contributed by atoms with van der Waals surface area (Å²) >= 11 is 5.84. The van der Waals surface area contributed by atoms with Crippen LogP contribution in [0.25, 0.3) is 5.57 Å². The van der Waals surface area contributed by atoms with Crippen molar-refractivity contribution in [2.24, 2.45) is 0 Å². The van der Waals surface area contributed by atoms with Crippen LogP contribution in [-0.2, 0) is 0 Å². The number of halogens is 1. The summed E-state index contributed by atoms with van der Waals surface area (Å²) in [5.41, 5.74) is 0.847. The Hall–Kier alpha value is -2.66. The summed E-state index contributed by atoms with van der Waals surface area (Å²) in [6.45, 7) is 0. The van der Waals surface area contributed by atoms with Crippen molar-refractivity contribution >= 4 is 28.6 Å². The van der Waals surface area contributed by atoms with Gasteiger partial charge in [0.1, 0.15) is 0 Å². The highest BCUT2D eigenvalue weighted by Gasteiger charge is 2.22. The van der Waals surface area contributed by atoms with Crippen LogP contribution in [-0.4, -0.2) is 29.7 Å². The van der Waals surface area contributed by atoms with Gasteiger partial charge in [-0.25, -0.2) is 0 Å². The van der Waals surface area contributed by atoms with Gasteiger partial charge in [0.15, 0.2) is 5.78 Å². The summed E-state index contributed by atoms with van der Waals surface area (Å²) in [5.74, 6) is -0.301. The number of Topliss-reactive ketones (excluding diaryl/α,β-unsaturated/α-hetero) is 1. The van der Waals surface area contributed by atoms with E-state index in [1.807, 2.05) is 0 Å². The summed E-state index contributed by atoms with van der Waals surface area (Å²) in [4.78, 5) is 25.2. The molecule has 0 unspecified atom stereocenters. The zero-order chi connectivity index (χ0) is 17.0. The lowest BCUT2D eigenvalue weighted by molar-refractivity contribution is -0.385. The van der Waals surface area contributed by atoms with Gasteiger partial charge in [-0.05, 0) is 30.3 Å². The van der Waals surface area contributed by atoms with Crippen molar-refractivity contribution in [1.29, 1.82) is 0 Å². The molecule has 0 atom stereocenters. The lowest BCUT2D eigenvalue weighted by Gasteiger charge is -2.12. The van der Waals surface area contributed by atoms with Crippen molar-refractivity contribution in [2.45, 2.75) is 0 Å². The molecule has 0 bridgehead atoms. The number of carbonyl (C=O) groups excluding carboxylic acids is 1. The minimum atomic E-state index is -0.492. The topological polar surface area (TPSA) is 63.5 Å². The quantitative estimate of drug-likeness (QED) is 0.359. The molecule has 0 amide bonds. The number of ketones is 1. The number of para-hydroxylation sites is 1. The lowest BCUT2D eigenvalue weighted by Crippen LogP contribution is -2.10. The third-order valence-corrected chi connectivity index (χ3v) is 3.38. The number of nitrogens with zero attached hydrogens (tertiary/aromatic N) is 2. The van der Waals surface area contributed by atoms with Gasteiger partial charge in [-0.2, -0.15) is 0 Å². The number of hydrogen-bond acceptors (Lipinski definition) is 4. The first-order valence-electron chi connectivity index (χ1n) is 6.82. The van der Waals surface area contributed by atoms with E-state index < -0.39 is 4.92 Å². The molecule has 23 heavy (non-hydrogen) atoms. The van der Waals surface area contributed by atoms with E-state index in [0.29, 0.717) is 10.6 Å². The Labute approximate surface area is 139 Å². The van der Waals surface area contributed by atoms with Crippen LogP contribution in [0.3, 0.4) is 0 Å². The number of nitro benzene ring substituents is 1. The maximum Gasteiger partial charge on any atom is 0.277 e. The molecule has 2 aromatic carbocycles. The summed E-state index contributed by atoms with van der Waals surface area (Å²) < 4.78 is 0. The molecule has 0 N–H and O–H groups in total. The SMILES string of the molecule is CN(C)/C=C(\C(=O)c1ccc(Cl)cc1)c1ccccc1[N+](=O)[O-]. The van der Waals surface area contributed by atoms with E-state index in [1.54, 1.807) is 67.7 Å². The van der Waals surface area contributed by atoms with E-state index in [4.69, 9.17) is 11.6 Å². The highest BCUT2D eigenvalue weighted by atomic mass is 35.5. The molecule has 0 spiro atoms. The predicted octanol–water partition coefficient (Wildman–Crippen LogP) is 4.03. The van der Waals surface area contributed by atoms with Crippen LogP contribution in [0, 0.1) is 10.1 Å². The van der Waals surface area contributed by atoms with Crippen molar-refractivity contribution in [3.05, 3.63) is 81.0 Å². The molecule has 0 aliphatic heterocycles. The fourth-order valence-corrected chi connectivity index (χ4v) is 2.25. The van der Waals surface area contributed by atoms with E-state index in [2.05, 4.69) is 0 Å². The van der Waals surface area contributed by atoms with Crippen molar-refractivity contribution in [1.82, 2.24) is 4.90 Å². The molecule has 0 aliphatic carbocycles. The first-order chi connectivity index (χ1) is 10.9. The third-order valence-electron chi connectivity index (χ3n) is 3.13. The molecule has 118 valence electrons. The third kappa shape index (κ3) is 3.96. The molecule has 0 radical (unpaired) electrons. The minimum absolute atomic E-state index is 0.108. The van der Waals surface area contributed by atoms with E-state index in [9.17, 15) is 14.9 Å². The molecule has 0 aromatic heterocycles. The molecule has 0 heterocycles. The average Bonchev–Trinajstić information content (AvgIpc) is 2.52. The van der Waals surface area contributed by atoms with Crippen LogP contribution in [0.2, 0.25) is 5.02 Å². The molecule has 0 fully saturated rings. The van der Waals surface area contributed by atoms with Gasteiger partial charge in [-0.15, -0.1) is 0 Å². The fraction of sp³-hybridized carbons (Fsp3) is 0.118. The summed E-state index contributed by atoms with van der Waals surface area (Å²) in [6, 6.07) is 12.6.